The fraction of sp³-hybridized carbons (Fsp3) is 0.438. The van der Waals surface area contributed by atoms with Crippen LogP contribution in [0.3, 0.4) is 0 Å². The van der Waals surface area contributed by atoms with Gasteiger partial charge in [-0.3, -0.25) is 4.72 Å². The Hall–Kier alpha value is -1.50. The van der Waals surface area contributed by atoms with Gasteiger partial charge >= 0.3 is 0 Å². The summed E-state index contributed by atoms with van der Waals surface area (Å²) in [6.07, 6.45) is 3.02. The molecule has 1 aromatic carbocycles. The minimum atomic E-state index is -4.13. The first-order chi connectivity index (χ1) is 13.4. The fourth-order valence-corrected chi connectivity index (χ4v) is 4.49. The van der Waals surface area contributed by atoms with Crippen molar-refractivity contribution in [2.24, 2.45) is 5.73 Å². The number of hydrogen-bond acceptors (Lipinski definition) is 8. The van der Waals surface area contributed by atoms with Gasteiger partial charge in [0.25, 0.3) is 10.0 Å². The molecule has 1 atom stereocenters. The number of nitrogens with two attached hydrogens (primary N) is 1. The number of aliphatic hydroxyl groups excluding tert-OH is 1. The normalized spacial score (nSPS) is 12.7. The van der Waals surface area contributed by atoms with Gasteiger partial charge in [-0.15, -0.1) is 11.3 Å². The lowest BCUT2D eigenvalue weighted by atomic mass is 10.2. The van der Waals surface area contributed by atoms with Gasteiger partial charge in [-0.05, 0) is 31.5 Å². The monoisotopic (exact) mass is 451 g/mol. The minimum Gasteiger partial charge on any atom is -0.395 e. The van der Waals surface area contributed by atoms with E-state index in [1.165, 1.54) is 6.20 Å². The van der Waals surface area contributed by atoms with Gasteiger partial charge in [0.15, 0.2) is 5.13 Å². The number of rotatable bonds is 12. The second-order valence-electron chi connectivity index (χ2n) is 5.91. The van der Waals surface area contributed by atoms with Crippen LogP contribution >= 0.6 is 22.9 Å². The molecule has 0 saturated carbocycles. The summed E-state index contributed by atoms with van der Waals surface area (Å²) in [7, 11) is -4.13. The third-order valence-electron chi connectivity index (χ3n) is 3.82. The molecule has 0 aliphatic heterocycles. The van der Waals surface area contributed by atoms with Crippen LogP contribution in [0.1, 0.15) is 12.8 Å². The highest BCUT2D eigenvalue weighted by Crippen LogP contribution is 2.29. The van der Waals surface area contributed by atoms with E-state index in [4.69, 9.17) is 22.4 Å². The maximum atomic E-state index is 14.4. The molecule has 28 heavy (non-hydrogen) atoms. The predicted molar refractivity (Wildman–Crippen MR) is 110 cm³/mol. The molecule has 8 nitrogen and oxygen atoms in total. The quantitative estimate of drug-likeness (QED) is 0.311. The zero-order valence-electron chi connectivity index (χ0n) is 15.0. The Labute approximate surface area is 172 Å². The summed E-state index contributed by atoms with van der Waals surface area (Å²) in [4.78, 5) is 3.28. The lowest BCUT2D eigenvalue weighted by Gasteiger charge is -2.14. The summed E-state index contributed by atoms with van der Waals surface area (Å²) in [5, 5.41) is 17.0. The molecule has 0 saturated heterocycles. The number of nitrogens with one attached hydrogen (secondary N) is 3. The molecule has 2 aromatic rings. The van der Waals surface area contributed by atoms with Crippen LogP contribution in [0.4, 0.5) is 15.2 Å². The van der Waals surface area contributed by atoms with E-state index in [2.05, 4.69) is 20.3 Å². The molecule has 0 spiro atoms. The predicted octanol–water partition coefficient (Wildman–Crippen LogP) is 1.84. The topological polar surface area (TPSA) is 129 Å². The highest BCUT2D eigenvalue weighted by molar-refractivity contribution is 7.93. The van der Waals surface area contributed by atoms with E-state index in [-0.39, 0.29) is 22.8 Å². The Kier molecular flexibility index (Phi) is 8.86. The smallest absolute Gasteiger partial charge is 0.266 e. The number of anilines is 2. The van der Waals surface area contributed by atoms with Crippen LogP contribution in [0.25, 0.3) is 0 Å². The van der Waals surface area contributed by atoms with Crippen molar-refractivity contribution < 1.29 is 17.9 Å². The average Bonchev–Trinajstić information content (AvgIpc) is 3.15. The van der Waals surface area contributed by atoms with Crippen molar-refractivity contribution in [1.29, 1.82) is 0 Å². The summed E-state index contributed by atoms with van der Waals surface area (Å²) in [5.74, 6) is -0.911. The van der Waals surface area contributed by atoms with Gasteiger partial charge in [-0.25, -0.2) is 17.8 Å². The van der Waals surface area contributed by atoms with Gasteiger partial charge in [0.1, 0.15) is 10.7 Å². The summed E-state index contributed by atoms with van der Waals surface area (Å²) >= 11 is 7.20. The van der Waals surface area contributed by atoms with Gasteiger partial charge < -0.3 is 21.5 Å². The number of nitrogens with zero attached hydrogens (tertiary/aromatic N) is 1. The zero-order valence-corrected chi connectivity index (χ0v) is 17.4. The lowest BCUT2D eigenvalue weighted by molar-refractivity contribution is 0.245. The molecule has 1 heterocycles. The van der Waals surface area contributed by atoms with Crippen molar-refractivity contribution in [1.82, 2.24) is 10.3 Å². The maximum absolute atomic E-state index is 14.4. The molecule has 1 aromatic heterocycles. The van der Waals surface area contributed by atoms with E-state index >= 15 is 0 Å². The van der Waals surface area contributed by atoms with Crippen LogP contribution < -0.4 is 21.1 Å². The first kappa shape index (κ1) is 22.8. The summed E-state index contributed by atoms with van der Waals surface area (Å²) in [6.45, 7) is 1.55. The number of halogens is 2. The van der Waals surface area contributed by atoms with Crippen molar-refractivity contribution in [2.45, 2.75) is 23.8 Å². The first-order valence-corrected chi connectivity index (χ1v) is 11.3. The summed E-state index contributed by atoms with van der Waals surface area (Å²) in [6, 6.07) is 2.01. The largest absolute Gasteiger partial charge is 0.395 e. The number of thiazole rings is 1. The SMILES string of the molecule is NCC(CO)NCCCCNc1cc(F)c(S(=O)(=O)Nc2nccs2)cc1Cl. The molecule has 0 aliphatic carbocycles. The number of benzene rings is 1. The zero-order chi connectivity index (χ0) is 20.6. The van der Waals surface area contributed by atoms with E-state index in [1.54, 1.807) is 5.38 Å². The number of aromatic nitrogens is 1. The number of unbranched alkanes of at least 4 members (excludes halogenated alkanes) is 1. The Morgan fingerprint density at radius 1 is 1.32 bits per heavy atom. The first-order valence-electron chi connectivity index (χ1n) is 8.57. The number of sulfonamides is 1. The van der Waals surface area contributed by atoms with E-state index in [0.717, 1.165) is 36.3 Å². The molecule has 1 unspecified atom stereocenters. The molecule has 0 radical (unpaired) electrons. The molecule has 6 N–H and O–H groups in total. The number of aliphatic hydroxyl groups is 1. The Morgan fingerprint density at radius 3 is 2.71 bits per heavy atom. The van der Waals surface area contributed by atoms with Crippen LogP contribution in [-0.2, 0) is 10.0 Å². The third kappa shape index (κ3) is 6.54. The van der Waals surface area contributed by atoms with Crippen molar-refractivity contribution >= 4 is 43.8 Å². The maximum Gasteiger partial charge on any atom is 0.266 e. The highest BCUT2D eigenvalue weighted by Gasteiger charge is 2.22. The molecule has 0 amide bonds. The van der Waals surface area contributed by atoms with Gasteiger partial charge in [-0.1, -0.05) is 11.6 Å². The lowest BCUT2D eigenvalue weighted by Crippen LogP contribution is -2.39. The van der Waals surface area contributed by atoms with Gasteiger partial charge in [0.05, 0.1) is 17.3 Å². The van der Waals surface area contributed by atoms with Crippen molar-refractivity contribution in [3.05, 3.63) is 34.5 Å². The second kappa shape index (κ2) is 10.9. The van der Waals surface area contributed by atoms with Crippen LogP contribution in [0.5, 0.6) is 0 Å². The van der Waals surface area contributed by atoms with Gasteiger partial charge in [-0.2, -0.15) is 0 Å². The van der Waals surface area contributed by atoms with Crippen molar-refractivity contribution in [2.75, 3.05) is 36.3 Å². The van der Waals surface area contributed by atoms with Crippen molar-refractivity contribution in [3.63, 3.8) is 0 Å². The molecule has 156 valence electrons. The minimum absolute atomic E-state index is 0.0176. The van der Waals surface area contributed by atoms with Crippen LogP contribution in [0.15, 0.2) is 28.6 Å². The Balaban J connectivity index is 1.91. The molecule has 0 aliphatic rings. The van der Waals surface area contributed by atoms with Crippen LogP contribution in [0, 0.1) is 5.82 Å². The number of hydrogen-bond donors (Lipinski definition) is 5. The van der Waals surface area contributed by atoms with Gasteiger partial charge in [0.2, 0.25) is 0 Å². The van der Waals surface area contributed by atoms with Crippen LogP contribution in [0.2, 0.25) is 5.02 Å². The third-order valence-corrected chi connectivity index (χ3v) is 6.31. The molecule has 0 fully saturated rings. The second-order valence-corrected chi connectivity index (χ2v) is 8.86. The Bertz CT molecular complexity index is 848. The highest BCUT2D eigenvalue weighted by atomic mass is 35.5. The average molecular weight is 452 g/mol. The van der Waals surface area contributed by atoms with E-state index in [1.807, 2.05) is 0 Å². The van der Waals surface area contributed by atoms with Gasteiger partial charge in [0, 0.05) is 30.7 Å². The van der Waals surface area contributed by atoms with E-state index in [9.17, 15) is 12.8 Å². The molecule has 2 rings (SSSR count). The van der Waals surface area contributed by atoms with E-state index in [0.29, 0.717) is 25.3 Å². The Morgan fingerprint density at radius 2 is 2.07 bits per heavy atom. The van der Waals surface area contributed by atoms with Crippen molar-refractivity contribution in [3.8, 4) is 0 Å². The fourth-order valence-electron chi connectivity index (χ4n) is 2.32. The van der Waals surface area contributed by atoms with Crippen LogP contribution in [-0.4, -0.2) is 50.8 Å². The molecular formula is C16H23ClFN5O3S2. The molecule has 12 heteroatoms. The molecule has 0 bridgehead atoms. The summed E-state index contributed by atoms with van der Waals surface area (Å²) < 4.78 is 41.2. The molecular weight excluding hydrogens is 429 g/mol. The van der Waals surface area contributed by atoms with E-state index < -0.39 is 20.7 Å². The summed E-state index contributed by atoms with van der Waals surface area (Å²) in [5.41, 5.74) is 5.79. The standard InChI is InChI=1S/C16H23ClFN5O3S2/c17-12-7-15(28(25,26)23-16-22-5-6-27-16)13(18)8-14(12)21-4-2-1-3-20-11(9-19)10-24/h5-8,11,20-21,24H,1-4,9-10,19H2,(H,22,23).